The van der Waals surface area contributed by atoms with Gasteiger partial charge in [-0.25, -0.2) is 0 Å². The van der Waals surface area contributed by atoms with Crippen molar-refractivity contribution in [2.75, 3.05) is 24.8 Å². The zero-order chi connectivity index (χ0) is 15.2. The second kappa shape index (κ2) is 6.44. The number of nitrogens with zero attached hydrogens (tertiary/aromatic N) is 1. The predicted octanol–water partition coefficient (Wildman–Crippen LogP) is 2.86. The standard InChI is InChI=1S/C16H15N3O2/c1-18-13-8-4-3-7-12(13)16(20)19-15-11(10-17)6-5-9-14(15)21-2/h3-9,18H,1-2H3,(H,19,20). The lowest BCUT2D eigenvalue weighted by Gasteiger charge is -2.13. The molecule has 0 aliphatic carbocycles. The average Bonchev–Trinajstić information content (AvgIpc) is 2.54. The van der Waals surface area contributed by atoms with E-state index in [1.165, 1.54) is 7.11 Å². The number of para-hydroxylation sites is 2. The summed E-state index contributed by atoms with van der Waals surface area (Å²) in [5, 5.41) is 14.9. The molecule has 0 radical (unpaired) electrons. The molecule has 106 valence electrons. The number of nitrogens with one attached hydrogen (secondary N) is 2. The summed E-state index contributed by atoms with van der Waals surface area (Å²) in [4.78, 5) is 12.4. The molecular weight excluding hydrogens is 266 g/mol. The van der Waals surface area contributed by atoms with Crippen LogP contribution in [0.2, 0.25) is 0 Å². The number of nitriles is 1. The van der Waals surface area contributed by atoms with E-state index in [4.69, 9.17) is 10.00 Å². The van der Waals surface area contributed by atoms with Crippen LogP contribution in [-0.2, 0) is 0 Å². The summed E-state index contributed by atoms with van der Waals surface area (Å²) in [7, 11) is 3.24. The van der Waals surface area contributed by atoms with Gasteiger partial charge in [-0.3, -0.25) is 4.79 Å². The van der Waals surface area contributed by atoms with Crippen LogP contribution in [-0.4, -0.2) is 20.1 Å². The maximum atomic E-state index is 12.4. The van der Waals surface area contributed by atoms with E-state index in [0.29, 0.717) is 28.3 Å². The van der Waals surface area contributed by atoms with Crippen molar-refractivity contribution in [2.24, 2.45) is 0 Å². The molecule has 5 heteroatoms. The first kappa shape index (κ1) is 14.4. The minimum atomic E-state index is -0.305. The number of carbonyl (C=O) groups excluding carboxylic acids is 1. The predicted molar refractivity (Wildman–Crippen MR) is 81.7 cm³/mol. The monoisotopic (exact) mass is 281 g/mol. The molecule has 1 amide bonds. The number of anilines is 2. The lowest BCUT2D eigenvalue weighted by atomic mass is 10.1. The molecule has 0 aliphatic heterocycles. The molecule has 5 nitrogen and oxygen atoms in total. The summed E-state index contributed by atoms with van der Waals surface area (Å²) in [6.07, 6.45) is 0. The number of ether oxygens (including phenoxy) is 1. The number of benzene rings is 2. The highest BCUT2D eigenvalue weighted by Gasteiger charge is 2.15. The third kappa shape index (κ3) is 2.95. The molecule has 0 aliphatic rings. The highest BCUT2D eigenvalue weighted by atomic mass is 16.5. The van der Waals surface area contributed by atoms with E-state index < -0.39 is 0 Å². The molecule has 2 N–H and O–H groups in total. The van der Waals surface area contributed by atoms with Gasteiger partial charge in [0.2, 0.25) is 0 Å². The third-order valence-electron chi connectivity index (χ3n) is 3.05. The van der Waals surface area contributed by atoms with Gasteiger partial charge in [-0.15, -0.1) is 0 Å². The quantitative estimate of drug-likeness (QED) is 0.903. The fourth-order valence-corrected chi connectivity index (χ4v) is 2.00. The van der Waals surface area contributed by atoms with Gasteiger partial charge >= 0.3 is 0 Å². The molecule has 0 unspecified atom stereocenters. The lowest BCUT2D eigenvalue weighted by Crippen LogP contribution is -2.15. The van der Waals surface area contributed by atoms with E-state index in [0.717, 1.165) is 0 Å². The molecule has 0 heterocycles. The number of hydrogen-bond acceptors (Lipinski definition) is 4. The van der Waals surface area contributed by atoms with Crippen molar-refractivity contribution in [3.8, 4) is 11.8 Å². The molecule has 0 atom stereocenters. The Labute approximate surface area is 123 Å². The van der Waals surface area contributed by atoms with Gasteiger partial charge in [0.1, 0.15) is 17.5 Å². The fraction of sp³-hybridized carbons (Fsp3) is 0.125. The molecule has 0 bridgehead atoms. The van der Waals surface area contributed by atoms with Crippen LogP contribution < -0.4 is 15.4 Å². The highest BCUT2D eigenvalue weighted by molar-refractivity contribution is 6.09. The van der Waals surface area contributed by atoms with Crippen molar-refractivity contribution in [3.05, 3.63) is 53.6 Å². The Balaban J connectivity index is 2.39. The number of amides is 1. The molecule has 21 heavy (non-hydrogen) atoms. The van der Waals surface area contributed by atoms with Crippen LogP contribution in [0.15, 0.2) is 42.5 Å². The summed E-state index contributed by atoms with van der Waals surface area (Å²) in [6.45, 7) is 0. The normalized spacial score (nSPS) is 9.57. The van der Waals surface area contributed by atoms with Crippen LogP contribution in [0.1, 0.15) is 15.9 Å². The minimum absolute atomic E-state index is 0.305. The third-order valence-corrected chi connectivity index (χ3v) is 3.05. The number of hydrogen-bond donors (Lipinski definition) is 2. The lowest BCUT2D eigenvalue weighted by molar-refractivity contribution is 0.102. The first-order valence-corrected chi connectivity index (χ1v) is 6.36. The zero-order valence-corrected chi connectivity index (χ0v) is 11.8. The van der Waals surface area contributed by atoms with Gasteiger partial charge in [-0.1, -0.05) is 18.2 Å². The summed E-state index contributed by atoms with van der Waals surface area (Å²) in [5.74, 6) is 0.144. The Kier molecular flexibility index (Phi) is 4.42. The van der Waals surface area contributed by atoms with Crippen LogP contribution in [0.4, 0.5) is 11.4 Å². The van der Waals surface area contributed by atoms with Gasteiger partial charge in [0.15, 0.2) is 0 Å². The second-order valence-electron chi connectivity index (χ2n) is 4.24. The molecule has 2 aromatic carbocycles. The van der Waals surface area contributed by atoms with Crippen molar-refractivity contribution in [1.29, 1.82) is 5.26 Å². The van der Waals surface area contributed by atoms with Gasteiger partial charge in [0.05, 0.1) is 18.2 Å². The molecule has 0 saturated carbocycles. The van der Waals surface area contributed by atoms with Crippen molar-refractivity contribution >= 4 is 17.3 Å². The first-order chi connectivity index (χ1) is 10.2. The van der Waals surface area contributed by atoms with Gasteiger partial charge < -0.3 is 15.4 Å². The Morgan fingerprint density at radius 2 is 1.95 bits per heavy atom. The average molecular weight is 281 g/mol. The highest BCUT2D eigenvalue weighted by Crippen LogP contribution is 2.29. The van der Waals surface area contributed by atoms with Crippen molar-refractivity contribution in [2.45, 2.75) is 0 Å². The Morgan fingerprint density at radius 3 is 2.62 bits per heavy atom. The Morgan fingerprint density at radius 1 is 1.19 bits per heavy atom. The zero-order valence-electron chi connectivity index (χ0n) is 11.8. The fourth-order valence-electron chi connectivity index (χ4n) is 2.00. The van der Waals surface area contributed by atoms with E-state index in [9.17, 15) is 4.79 Å². The van der Waals surface area contributed by atoms with Crippen LogP contribution >= 0.6 is 0 Å². The largest absolute Gasteiger partial charge is 0.495 e. The molecule has 0 fully saturated rings. The summed E-state index contributed by atoms with van der Waals surface area (Å²) >= 11 is 0. The van der Waals surface area contributed by atoms with Crippen molar-refractivity contribution < 1.29 is 9.53 Å². The van der Waals surface area contributed by atoms with E-state index in [1.807, 2.05) is 18.2 Å². The molecule has 0 aromatic heterocycles. The van der Waals surface area contributed by atoms with E-state index in [1.54, 1.807) is 37.4 Å². The molecule has 2 rings (SSSR count). The smallest absolute Gasteiger partial charge is 0.257 e. The number of methoxy groups -OCH3 is 1. The van der Waals surface area contributed by atoms with Crippen LogP contribution in [0.25, 0.3) is 0 Å². The van der Waals surface area contributed by atoms with Gasteiger partial charge in [-0.2, -0.15) is 5.26 Å². The van der Waals surface area contributed by atoms with Gasteiger partial charge in [-0.05, 0) is 24.3 Å². The van der Waals surface area contributed by atoms with E-state index in [-0.39, 0.29) is 5.91 Å². The van der Waals surface area contributed by atoms with E-state index in [2.05, 4.69) is 10.6 Å². The SMILES string of the molecule is CNc1ccccc1C(=O)Nc1c(C#N)cccc1OC. The summed E-state index contributed by atoms with van der Waals surface area (Å²) in [5.41, 5.74) is 1.93. The maximum absolute atomic E-state index is 12.4. The summed E-state index contributed by atoms with van der Waals surface area (Å²) < 4.78 is 5.20. The maximum Gasteiger partial charge on any atom is 0.257 e. The first-order valence-electron chi connectivity index (χ1n) is 6.36. The number of rotatable bonds is 4. The minimum Gasteiger partial charge on any atom is -0.495 e. The molecule has 0 spiro atoms. The van der Waals surface area contributed by atoms with Crippen LogP contribution in [0, 0.1) is 11.3 Å². The van der Waals surface area contributed by atoms with Gasteiger partial charge in [0.25, 0.3) is 5.91 Å². The molecular formula is C16H15N3O2. The topological polar surface area (TPSA) is 74.2 Å². The second-order valence-corrected chi connectivity index (χ2v) is 4.24. The summed E-state index contributed by atoms with van der Waals surface area (Å²) in [6, 6.07) is 14.2. The number of carbonyl (C=O) groups is 1. The Hall–Kier alpha value is -3.00. The van der Waals surface area contributed by atoms with Crippen molar-refractivity contribution in [3.63, 3.8) is 0 Å². The van der Waals surface area contributed by atoms with Gasteiger partial charge in [0, 0.05) is 12.7 Å². The molecule has 2 aromatic rings. The van der Waals surface area contributed by atoms with E-state index >= 15 is 0 Å². The van der Waals surface area contributed by atoms with Crippen LogP contribution in [0.5, 0.6) is 5.75 Å². The van der Waals surface area contributed by atoms with Crippen molar-refractivity contribution in [1.82, 2.24) is 0 Å². The molecule has 0 saturated heterocycles. The Bertz CT molecular complexity index is 705. The van der Waals surface area contributed by atoms with Crippen LogP contribution in [0.3, 0.4) is 0 Å².